The lowest BCUT2D eigenvalue weighted by Crippen LogP contribution is -2.16. The Morgan fingerprint density at radius 3 is 2.55 bits per heavy atom. The Morgan fingerprint density at radius 2 is 1.81 bits per heavy atom. The first-order chi connectivity index (χ1) is 14.8. The average Bonchev–Trinajstić information content (AvgIpc) is 3.17. The van der Waals surface area contributed by atoms with Crippen LogP contribution in [0.1, 0.15) is 16.2 Å². The van der Waals surface area contributed by atoms with Gasteiger partial charge in [0.15, 0.2) is 5.13 Å². The summed E-state index contributed by atoms with van der Waals surface area (Å²) in [7, 11) is 0. The van der Waals surface area contributed by atoms with E-state index in [2.05, 4.69) is 25.3 Å². The van der Waals surface area contributed by atoms with E-state index in [4.69, 9.17) is 0 Å². The maximum absolute atomic E-state index is 12.6. The van der Waals surface area contributed by atoms with Gasteiger partial charge in [0.25, 0.3) is 5.91 Å². The molecule has 0 spiro atoms. The standard InChI is InChI=1S/C21H15F3N4O2S/c1-12-5-10-15-16(25-12)3-2-4-17(15)27-19(29)18-11-31-20(28-18)26-13-6-8-14(9-7-13)30-21(22,23)24/h2-11H,1H3,(H,26,28)(H,27,29). The molecule has 31 heavy (non-hydrogen) atoms. The van der Waals surface area contributed by atoms with E-state index in [1.54, 1.807) is 11.4 Å². The monoisotopic (exact) mass is 444 g/mol. The molecule has 0 saturated carbocycles. The molecule has 2 N–H and O–H groups in total. The summed E-state index contributed by atoms with van der Waals surface area (Å²) in [6.07, 6.45) is -4.74. The van der Waals surface area contributed by atoms with Crippen molar-refractivity contribution in [1.29, 1.82) is 0 Å². The number of anilines is 3. The quantitative estimate of drug-likeness (QED) is 0.401. The fourth-order valence-electron chi connectivity index (χ4n) is 2.85. The number of nitrogens with one attached hydrogen (secondary N) is 2. The zero-order valence-electron chi connectivity index (χ0n) is 16.0. The van der Waals surface area contributed by atoms with Crippen LogP contribution in [0.3, 0.4) is 0 Å². The molecule has 0 fully saturated rings. The van der Waals surface area contributed by atoms with E-state index in [-0.39, 0.29) is 17.4 Å². The number of fused-ring (bicyclic) bond motifs is 1. The molecule has 0 radical (unpaired) electrons. The second-order valence-electron chi connectivity index (χ2n) is 6.51. The van der Waals surface area contributed by atoms with Crippen molar-refractivity contribution in [2.75, 3.05) is 10.6 Å². The van der Waals surface area contributed by atoms with Crippen LogP contribution in [-0.2, 0) is 0 Å². The molecule has 0 atom stereocenters. The minimum atomic E-state index is -4.74. The Morgan fingerprint density at radius 1 is 1.03 bits per heavy atom. The van der Waals surface area contributed by atoms with Crippen LogP contribution in [0.25, 0.3) is 10.9 Å². The van der Waals surface area contributed by atoms with Gasteiger partial charge in [-0.1, -0.05) is 6.07 Å². The molecule has 4 rings (SSSR count). The molecule has 1 amide bonds. The van der Waals surface area contributed by atoms with Crippen LogP contribution in [-0.4, -0.2) is 22.2 Å². The molecule has 2 heterocycles. The van der Waals surface area contributed by atoms with Crippen molar-refractivity contribution in [3.8, 4) is 5.75 Å². The topological polar surface area (TPSA) is 76.1 Å². The lowest BCUT2D eigenvalue weighted by atomic mass is 10.1. The second-order valence-corrected chi connectivity index (χ2v) is 7.37. The van der Waals surface area contributed by atoms with Crippen LogP contribution in [0.2, 0.25) is 0 Å². The molecule has 0 aliphatic rings. The summed E-state index contributed by atoms with van der Waals surface area (Å²) in [6, 6.07) is 14.5. The molecular weight excluding hydrogens is 429 g/mol. The van der Waals surface area contributed by atoms with Crippen molar-refractivity contribution in [3.05, 3.63) is 71.4 Å². The van der Waals surface area contributed by atoms with E-state index in [1.165, 1.54) is 35.6 Å². The van der Waals surface area contributed by atoms with Gasteiger partial charge in [0.1, 0.15) is 11.4 Å². The third-order valence-electron chi connectivity index (χ3n) is 4.20. The maximum atomic E-state index is 12.6. The second kappa shape index (κ2) is 8.23. The first-order valence-corrected chi connectivity index (χ1v) is 9.91. The summed E-state index contributed by atoms with van der Waals surface area (Å²) in [5.74, 6) is -0.705. The first kappa shape index (κ1) is 20.6. The molecule has 0 aliphatic carbocycles. The molecular formula is C21H15F3N4O2S. The third-order valence-corrected chi connectivity index (χ3v) is 4.95. The van der Waals surface area contributed by atoms with Gasteiger partial charge < -0.3 is 15.4 Å². The van der Waals surface area contributed by atoms with Crippen LogP contribution in [0.4, 0.5) is 29.7 Å². The average molecular weight is 444 g/mol. The van der Waals surface area contributed by atoms with Crippen molar-refractivity contribution < 1.29 is 22.7 Å². The number of carbonyl (C=O) groups is 1. The number of amides is 1. The number of ether oxygens (including phenoxy) is 1. The van der Waals surface area contributed by atoms with Gasteiger partial charge in [0.05, 0.1) is 11.2 Å². The first-order valence-electron chi connectivity index (χ1n) is 9.03. The number of nitrogens with zero attached hydrogens (tertiary/aromatic N) is 2. The summed E-state index contributed by atoms with van der Waals surface area (Å²) in [5, 5.41) is 8.62. The van der Waals surface area contributed by atoms with E-state index in [9.17, 15) is 18.0 Å². The number of thiazole rings is 1. The smallest absolute Gasteiger partial charge is 0.406 e. The minimum absolute atomic E-state index is 0.210. The summed E-state index contributed by atoms with van der Waals surface area (Å²) >= 11 is 1.20. The highest BCUT2D eigenvalue weighted by atomic mass is 32.1. The van der Waals surface area contributed by atoms with Gasteiger partial charge in [-0.2, -0.15) is 0 Å². The number of rotatable bonds is 5. The van der Waals surface area contributed by atoms with E-state index < -0.39 is 6.36 Å². The van der Waals surface area contributed by atoms with Crippen LogP contribution in [0, 0.1) is 6.92 Å². The van der Waals surface area contributed by atoms with Crippen LogP contribution < -0.4 is 15.4 Å². The molecule has 6 nitrogen and oxygen atoms in total. The van der Waals surface area contributed by atoms with Crippen LogP contribution in [0.15, 0.2) is 60.0 Å². The van der Waals surface area contributed by atoms with Gasteiger partial charge in [-0.15, -0.1) is 24.5 Å². The van der Waals surface area contributed by atoms with Gasteiger partial charge >= 0.3 is 6.36 Å². The number of benzene rings is 2. The van der Waals surface area contributed by atoms with Crippen molar-refractivity contribution in [3.63, 3.8) is 0 Å². The third kappa shape index (κ3) is 5.10. The Kier molecular flexibility index (Phi) is 5.47. The highest BCUT2D eigenvalue weighted by molar-refractivity contribution is 7.14. The molecule has 0 aliphatic heterocycles. The van der Waals surface area contributed by atoms with Crippen molar-refractivity contribution in [2.24, 2.45) is 0 Å². The predicted octanol–water partition coefficient (Wildman–Crippen LogP) is 5.89. The largest absolute Gasteiger partial charge is 0.573 e. The number of halogens is 3. The summed E-state index contributed by atoms with van der Waals surface area (Å²) < 4.78 is 40.6. The van der Waals surface area contributed by atoms with Crippen molar-refractivity contribution in [1.82, 2.24) is 9.97 Å². The number of hydrogen-bond donors (Lipinski definition) is 2. The molecule has 2 aromatic heterocycles. The number of aryl methyl sites for hydroxylation is 1. The van der Waals surface area contributed by atoms with E-state index in [0.29, 0.717) is 16.5 Å². The predicted molar refractivity (Wildman–Crippen MR) is 113 cm³/mol. The Balaban J connectivity index is 1.45. The highest BCUT2D eigenvalue weighted by Gasteiger charge is 2.30. The Labute approximate surface area is 178 Å². The van der Waals surface area contributed by atoms with E-state index in [0.717, 1.165) is 16.6 Å². The number of alkyl halides is 3. The lowest BCUT2D eigenvalue weighted by Gasteiger charge is -2.09. The van der Waals surface area contributed by atoms with E-state index in [1.807, 2.05) is 31.2 Å². The molecule has 2 aromatic carbocycles. The molecule has 0 unspecified atom stereocenters. The Hall–Kier alpha value is -3.66. The lowest BCUT2D eigenvalue weighted by molar-refractivity contribution is -0.274. The highest BCUT2D eigenvalue weighted by Crippen LogP contribution is 2.27. The van der Waals surface area contributed by atoms with Gasteiger partial charge in [-0.25, -0.2) is 4.98 Å². The number of hydrogen-bond acceptors (Lipinski definition) is 6. The van der Waals surface area contributed by atoms with Gasteiger partial charge in [0.2, 0.25) is 0 Å². The van der Waals surface area contributed by atoms with Gasteiger partial charge in [-0.05, 0) is 55.5 Å². The Bertz CT molecular complexity index is 1240. The molecule has 0 bridgehead atoms. The molecule has 158 valence electrons. The van der Waals surface area contributed by atoms with Gasteiger partial charge in [-0.3, -0.25) is 9.78 Å². The molecule has 4 aromatic rings. The normalized spacial score (nSPS) is 11.4. The van der Waals surface area contributed by atoms with E-state index >= 15 is 0 Å². The SMILES string of the molecule is Cc1ccc2c(NC(=O)c3csc(Nc4ccc(OC(F)(F)F)cc4)n3)cccc2n1. The fraction of sp³-hybridized carbons (Fsp3) is 0.0952. The number of pyridine rings is 1. The molecule has 10 heteroatoms. The maximum Gasteiger partial charge on any atom is 0.573 e. The summed E-state index contributed by atoms with van der Waals surface area (Å²) in [5.41, 5.74) is 2.99. The molecule has 0 saturated heterocycles. The minimum Gasteiger partial charge on any atom is -0.406 e. The van der Waals surface area contributed by atoms with Crippen LogP contribution in [0.5, 0.6) is 5.75 Å². The zero-order chi connectivity index (χ0) is 22.0. The number of aromatic nitrogens is 2. The summed E-state index contributed by atoms with van der Waals surface area (Å²) in [4.78, 5) is 21.3. The fourth-order valence-corrected chi connectivity index (χ4v) is 3.56. The van der Waals surface area contributed by atoms with Crippen molar-refractivity contribution >= 4 is 44.7 Å². The zero-order valence-corrected chi connectivity index (χ0v) is 16.8. The van der Waals surface area contributed by atoms with Gasteiger partial charge in [0, 0.05) is 22.1 Å². The van der Waals surface area contributed by atoms with Crippen LogP contribution >= 0.6 is 11.3 Å². The van der Waals surface area contributed by atoms with Crippen molar-refractivity contribution in [2.45, 2.75) is 13.3 Å². The summed E-state index contributed by atoms with van der Waals surface area (Å²) in [6.45, 7) is 1.89. The number of carbonyl (C=O) groups excluding carboxylic acids is 1.